The Hall–Kier alpha value is -3.93. The maximum Gasteiger partial charge on any atom is 0.494 e. The van der Waals surface area contributed by atoms with Crippen molar-refractivity contribution in [1.82, 2.24) is 0 Å². The minimum absolute atomic E-state index is 0.0411. The summed E-state index contributed by atoms with van der Waals surface area (Å²) in [4.78, 5) is 0. The summed E-state index contributed by atoms with van der Waals surface area (Å²) in [5, 5.41) is 0. The van der Waals surface area contributed by atoms with Crippen molar-refractivity contribution in [2.75, 3.05) is 26.4 Å². The van der Waals surface area contributed by atoms with Crippen molar-refractivity contribution in [3.8, 4) is 22.3 Å². The summed E-state index contributed by atoms with van der Waals surface area (Å²) < 4.78 is 24.1. The largest absolute Gasteiger partial charge is 0.494 e. The lowest BCUT2D eigenvalue weighted by molar-refractivity contribution is 0.365. The van der Waals surface area contributed by atoms with Crippen LogP contribution in [0.1, 0.15) is 99.9 Å². The Morgan fingerprint density at radius 3 is 1.27 bits per heavy atom. The molecule has 5 aromatic carbocycles. The molecule has 9 rings (SSSR count). The fourth-order valence-electron chi connectivity index (χ4n) is 9.21. The Labute approximate surface area is 310 Å². The lowest BCUT2D eigenvalue weighted by Crippen LogP contribution is -2.35. The van der Waals surface area contributed by atoms with E-state index in [-0.39, 0.29) is 30.5 Å². The van der Waals surface area contributed by atoms with Gasteiger partial charge in [0.2, 0.25) is 0 Å². The summed E-state index contributed by atoms with van der Waals surface area (Å²) >= 11 is 0. The third-order valence-corrected chi connectivity index (χ3v) is 12.1. The Morgan fingerprint density at radius 2 is 0.808 bits per heavy atom. The summed E-state index contributed by atoms with van der Waals surface area (Å²) in [5.74, 6) is 0. The zero-order valence-electron chi connectivity index (χ0n) is 31.9. The average molecular weight is 687 g/mol. The first-order valence-electron chi connectivity index (χ1n) is 18.9. The Bertz CT molecular complexity index is 2140. The Balaban J connectivity index is 1.34. The van der Waals surface area contributed by atoms with Crippen LogP contribution in [0.3, 0.4) is 0 Å². The SMILES string of the molecule is CC(C)(C)c1ccc(C2(c3ccc(C(C)(C)C)cc3)c3cc(B4OCCO4)ccc3-c3cc4c(cc32)-c2ccc(B3OCCO3)cc2C4(C)C)cc1. The van der Waals surface area contributed by atoms with Crippen LogP contribution in [0.4, 0.5) is 0 Å². The highest BCUT2D eigenvalue weighted by Gasteiger charge is 2.49. The Kier molecular flexibility index (Phi) is 7.68. The highest BCUT2D eigenvalue weighted by Crippen LogP contribution is 2.60. The molecule has 6 heteroatoms. The van der Waals surface area contributed by atoms with Gasteiger partial charge in [0.05, 0.1) is 31.8 Å². The van der Waals surface area contributed by atoms with Crippen LogP contribution in [-0.2, 0) is 40.3 Å². The van der Waals surface area contributed by atoms with Gasteiger partial charge >= 0.3 is 14.2 Å². The molecule has 2 saturated heterocycles. The van der Waals surface area contributed by atoms with E-state index in [4.69, 9.17) is 18.6 Å². The number of hydrogen-bond acceptors (Lipinski definition) is 4. The third-order valence-electron chi connectivity index (χ3n) is 12.1. The van der Waals surface area contributed by atoms with E-state index in [0.29, 0.717) is 26.4 Å². The van der Waals surface area contributed by atoms with Gasteiger partial charge in [0.25, 0.3) is 0 Å². The highest BCUT2D eigenvalue weighted by molar-refractivity contribution is 6.62. The second-order valence-electron chi connectivity index (χ2n) is 17.7. The molecule has 2 fully saturated rings. The fraction of sp³-hybridized carbons (Fsp3) is 0.348. The summed E-state index contributed by atoms with van der Waals surface area (Å²) in [6.07, 6.45) is 0. The minimum Gasteiger partial charge on any atom is -0.405 e. The van der Waals surface area contributed by atoms with Crippen LogP contribution in [0.5, 0.6) is 0 Å². The molecular formula is C46H48B2O4. The molecule has 0 radical (unpaired) electrons. The summed E-state index contributed by atoms with van der Waals surface area (Å²) in [6, 6.07) is 37.6. The predicted octanol–water partition coefficient (Wildman–Crippen LogP) is 8.44. The first-order chi connectivity index (χ1) is 24.8. The molecule has 2 aliphatic carbocycles. The maximum atomic E-state index is 6.10. The van der Waals surface area contributed by atoms with Gasteiger partial charge in [-0.05, 0) is 101 Å². The van der Waals surface area contributed by atoms with Gasteiger partial charge in [0.15, 0.2) is 0 Å². The van der Waals surface area contributed by atoms with E-state index in [2.05, 4.69) is 152 Å². The van der Waals surface area contributed by atoms with Gasteiger partial charge in [-0.1, -0.05) is 140 Å². The molecule has 0 aromatic heterocycles. The monoisotopic (exact) mass is 686 g/mol. The second-order valence-corrected chi connectivity index (χ2v) is 17.7. The Morgan fingerprint density at radius 1 is 0.442 bits per heavy atom. The molecule has 0 bridgehead atoms. The molecule has 2 aliphatic heterocycles. The van der Waals surface area contributed by atoms with E-state index in [0.717, 1.165) is 10.9 Å². The van der Waals surface area contributed by atoms with Crippen LogP contribution in [0.15, 0.2) is 97.1 Å². The van der Waals surface area contributed by atoms with Gasteiger partial charge in [0, 0.05) is 5.41 Å². The van der Waals surface area contributed by atoms with Gasteiger partial charge in [-0.15, -0.1) is 0 Å². The van der Waals surface area contributed by atoms with E-state index < -0.39 is 5.41 Å². The van der Waals surface area contributed by atoms with Crippen molar-refractivity contribution >= 4 is 25.2 Å². The van der Waals surface area contributed by atoms with E-state index in [1.54, 1.807) is 0 Å². The first-order valence-corrected chi connectivity index (χ1v) is 18.9. The standard InChI is InChI=1S/C46H48B2O4/c1-43(2,3)29-9-13-31(14-10-29)46(32-15-11-30(12-16-32)44(4,5)6)41-26-34(48-51-23-24-52-48)18-20-36(41)38-27-40-37(28-42(38)46)35-19-17-33(47-49-21-22-50-47)25-39(35)45(40,7)8/h9-20,25-28H,21-24H2,1-8H3. The molecule has 52 heavy (non-hydrogen) atoms. The quantitative estimate of drug-likeness (QED) is 0.175. The zero-order valence-corrected chi connectivity index (χ0v) is 31.9. The molecule has 0 unspecified atom stereocenters. The topological polar surface area (TPSA) is 36.9 Å². The van der Waals surface area contributed by atoms with Crippen molar-refractivity contribution in [3.63, 3.8) is 0 Å². The smallest absolute Gasteiger partial charge is 0.405 e. The predicted molar refractivity (Wildman–Crippen MR) is 213 cm³/mol. The molecule has 0 spiro atoms. The molecule has 2 heterocycles. The molecule has 262 valence electrons. The lowest BCUT2D eigenvalue weighted by atomic mass is 9.65. The van der Waals surface area contributed by atoms with Crippen LogP contribution < -0.4 is 10.9 Å². The molecule has 4 aliphatic rings. The van der Waals surface area contributed by atoms with Gasteiger partial charge in [-0.25, -0.2) is 0 Å². The van der Waals surface area contributed by atoms with Gasteiger partial charge in [0.1, 0.15) is 0 Å². The van der Waals surface area contributed by atoms with Crippen molar-refractivity contribution in [3.05, 3.63) is 142 Å². The summed E-state index contributed by atoms with van der Waals surface area (Å²) in [5.41, 5.74) is 17.0. The van der Waals surface area contributed by atoms with Crippen LogP contribution in [-0.4, -0.2) is 40.7 Å². The van der Waals surface area contributed by atoms with E-state index >= 15 is 0 Å². The number of rotatable bonds is 4. The molecular weight excluding hydrogens is 638 g/mol. The van der Waals surface area contributed by atoms with E-state index in [9.17, 15) is 0 Å². The van der Waals surface area contributed by atoms with Gasteiger partial charge < -0.3 is 18.6 Å². The van der Waals surface area contributed by atoms with Crippen molar-refractivity contribution in [2.45, 2.75) is 77.0 Å². The van der Waals surface area contributed by atoms with Gasteiger partial charge in [-0.2, -0.15) is 0 Å². The third kappa shape index (κ3) is 5.05. The minimum atomic E-state index is -0.570. The number of benzene rings is 5. The van der Waals surface area contributed by atoms with Crippen LogP contribution >= 0.6 is 0 Å². The van der Waals surface area contributed by atoms with Crippen molar-refractivity contribution in [1.29, 1.82) is 0 Å². The van der Waals surface area contributed by atoms with Gasteiger partial charge in [-0.3, -0.25) is 0 Å². The molecule has 0 amide bonds. The average Bonchev–Trinajstić information content (AvgIpc) is 3.93. The molecule has 0 N–H and O–H groups in total. The molecule has 4 nitrogen and oxygen atoms in total. The van der Waals surface area contributed by atoms with Crippen molar-refractivity contribution in [2.24, 2.45) is 0 Å². The molecule has 5 aromatic rings. The second kappa shape index (κ2) is 11.8. The zero-order chi connectivity index (χ0) is 36.2. The lowest BCUT2D eigenvalue weighted by Gasteiger charge is -2.35. The number of fused-ring (bicyclic) bond motifs is 6. The summed E-state index contributed by atoms with van der Waals surface area (Å²) in [7, 11) is -0.667. The van der Waals surface area contributed by atoms with Crippen LogP contribution in [0.25, 0.3) is 22.3 Å². The van der Waals surface area contributed by atoms with E-state index in [1.807, 2.05) is 0 Å². The normalized spacial score (nSPS) is 18.4. The maximum absolute atomic E-state index is 6.10. The van der Waals surface area contributed by atoms with Crippen molar-refractivity contribution < 1.29 is 18.6 Å². The highest BCUT2D eigenvalue weighted by atomic mass is 16.6. The van der Waals surface area contributed by atoms with Crippen LogP contribution in [0.2, 0.25) is 0 Å². The molecule has 0 saturated carbocycles. The number of hydrogen-bond donors (Lipinski definition) is 0. The first kappa shape index (κ1) is 33.9. The fourth-order valence-corrected chi connectivity index (χ4v) is 9.21. The van der Waals surface area contributed by atoms with E-state index in [1.165, 1.54) is 66.8 Å². The summed E-state index contributed by atoms with van der Waals surface area (Å²) in [6.45, 7) is 20.9. The van der Waals surface area contributed by atoms with Crippen LogP contribution in [0, 0.1) is 0 Å². The molecule has 0 atom stereocenters.